The first-order valence-corrected chi connectivity index (χ1v) is 7.44. The van der Waals surface area contributed by atoms with E-state index >= 15 is 0 Å². The molecule has 4 N–H and O–H groups in total. The van der Waals surface area contributed by atoms with Gasteiger partial charge in [0.1, 0.15) is 11.6 Å². The lowest BCUT2D eigenvalue weighted by Gasteiger charge is -2.13. The maximum atomic E-state index is 5.60. The van der Waals surface area contributed by atoms with Crippen LogP contribution in [0.5, 0.6) is 0 Å². The number of hydrogen-bond donors (Lipinski definition) is 3. The minimum Gasteiger partial charge on any atom is -0.403 e. The molecule has 0 atom stereocenters. The van der Waals surface area contributed by atoms with Crippen molar-refractivity contribution in [1.29, 1.82) is 0 Å². The summed E-state index contributed by atoms with van der Waals surface area (Å²) in [5.74, 6) is 2.04. The minimum absolute atomic E-state index is 0.267. The maximum Gasteiger partial charge on any atom is 0.163 e. The Kier molecular flexibility index (Phi) is 5.68. The summed E-state index contributed by atoms with van der Waals surface area (Å²) in [5, 5.41) is 6.45. The molecule has 0 saturated heterocycles. The number of nitrogens with zero attached hydrogens (tertiary/aromatic N) is 3. The van der Waals surface area contributed by atoms with Gasteiger partial charge < -0.3 is 16.4 Å². The Morgan fingerprint density at radius 2 is 1.87 bits per heavy atom. The highest BCUT2D eigenvalue weighted by molar-refractivity contribution is 5.82. The molecular weight excluding hydrogens is 288 g/mol. The average molecular weight is 310 g/mol. The Morgan fingerprint density at radius 3 is 2.48 bits per heavy atom. The van der Waals surface area contributed by atoms with Crippen LogP contribution in [0.25, 0.3) is 11.4 Å². The van der Waals surface area contributed by atoms with Crippen LogP contribution in [0.15, 0.2) is 53.3 Å². The molecule has 0 fully saturated rings. The van der Waals surface area contributed by atoms with Gasteiger partial charge in [-0.2, -0.15) is 0 Å². The van der Waals surface area contributed by atoms with Crippen molar-refractivity contribution in [3.8, 4) is 11.4 Å². The molecule has 1 aromatic heterocycles. The summed E-state index contributed by atoms with van der Waals surface area (Å²) >= 11 is 0. The molecule has 6 nitrogen and oxygen atoms in total. The number of allylic oxidation sites excluding steroid dienone is 1. The first kappa shape index (κ1) is 16.5. The van der Waals surface area contributed by atoms with Crippen molar-refractivity contribution >= 4 is 17.9 Å². The first-order chi connectivity index (χ1) is 11.1. The summed E-state index contributed by atoms with van der Waals surface area (Å²) in [6.45, 7) is 4.12. The predicted octanol–water partition coefficient (Wildman–Crippen LogP) is 2.88. The SMILES string of the molecule is CN=CC(=CN)Nc1cc(NC(C)C)nc(-c2ccccc2)n1. The normalized spacial score (nSPS) is 11.9. The van der Waals surface area contributed by atoms with Crippen LogP contribution >= 0.6 is 0 Å². The molecule has 0 spiro atoms. The molecule has 0 unspecified atom stereocenters. The Labute approximate surface area is 136 Å². The number of nitrogens with one attached hydrogen (secondary N) is 2. The smallest absolute Gasteiger partial charge is 0.163 e. The van der Waals surface area contributed by atoms with Crippen molar-refractivity contribution in [2.45, 2.75) is 19.9 Å². The highest BCUT2D eigenvalue weighted by Gasteiger charge is 2.08. The number of nitrogens with two attached hydrogens (primary N) is 1. The van der Waals surface area contributed by atoms with Crippen molar-refractivity contribution in [3.05, 3.63) is 48.3 Å². The van der Waals surface area contributed by atoms with Crippen LogP contribution in [-0.4, -0.2) is 29.3 Å². The van der Waals surface area contributed by atoms with E-state index in [0.717, 1.165) is 11.4 Å². The summed E-state index contributed by atoms with van der Waals surface area (Å²) < 4.78 is 0. The number of benzene rings is 1. The van der Waals surface area contributed by atoms with E-state index in [0.29, 0.717) is 17.3 Å². The zero-order valence-corrected chi connectivity index (χ0v) is 13.6. The Morgan fingerprint density at radius 1 is 1.17 bits per heavy atom. The van der Waals surface area contributed by atoms with Gasteiger partial charge in [0.2, 0.25) is 0 Å². The Balaban J connectivity index is 2.41. The zero-order chi connectivity index (χ0) is 16.7. The molecule has 0 bridgehead atoms. The van der Waals surface area contributed by atoms with Crippen molar-refractivity contribution in [1.82, 2.24) is 9.97 Å². The largest absolute Gasteiger partial charge is 0.403 e. The summed E-state index contributed by atoms with van der Waals surface area (Å²) in [5.41, 5.74) is 7.22. The van der Waals surface area contributed by atoms with Crippen LogP contribution in [0.4, 0.5) is 11.6 Å². The number of aromatic nitrogens is 2. The molecule has 2 aromatic rings. The fourth-order valence-corrected chi connectivity index (χ4v) is 2.00. The highest BCUT2D eigenvalue weighted by Crippen LogP contribution is 2.21. The van der Waals surface area contributed by atoms with Crippen LogP contribution in [0.3, 0.4) is 0 Å². The van der Waals surface area contributed by atoms with Gasteiger partial charge in [-0.3, -0.25) is 4.99 Å². The van der Waals surface area contributed by atoms with Crippen molar-refractivity contribution < 1.29 is 0 Å². The molecule has 0 radical (unpaired) electrons. The lowest BCUT2D eigenvalue weighted by Crippen LogP contribution is -2.13. The molecule has 120 valence electrons. The third-order valence-electron chi connectivity index (χ3n) is 2.91. The lowest BCUT2D eigenvalue weighted by molar-refractivity contribution is 0.887. The molecule has 2 rings (SSSR count). The van der Waals surface area contributed by atoms with Gasteiger partial charge in [-0.15, -0.1) is 0 Å². The molecule has 1 heterocycles. The van der Waals surface area contributed by atoms with Crippen LogP contribution in [-0.2, 0) is 0 Å². The average Bonchev–Trinajstić information content (AvgIpc) is 2.54. The van der Waals surface area contributed by atoms with E-state index < -0.39 is 0 Å². The van der Waals surface area contributed by atoms with Crippen LogP contribution < -0.4 is 16.4 Å². The van der Waals surface area contributed by atoms with Gasteiger partial charge in [-0.25, -0.2) is 9.97 Å². The van der Waals surface area contributed by atoms with E-state index in [1.54, 1.807) is 13.3 Å². The van der Waals surface area contributed by atoms with Crippen molar-refractivity contribution in [2.75, 3.05) is 17.7 Å². The van der Waals surface area contributed by atoms with Gasteiger partial charge >= 0.3 is 0 Å². The van der Waals surface area contributed by atoms with Gasteiger partial charge in [0.05, 0.1) is 5.70 Å². The van der Waals surface area contributed by atoms with Crippen molar-refractivity contribution in [2.24, 2.45) is 10.7 Å². The van der Waals surface area contributed by atoms with E-state index in [1.165, 1.54) is 6.20 Å². The third-order valence-corrected chi connectivity index (χ3v) is 2.91. The van der Waals surface area contributed by atoms with Crippen LogP contribution in [0.1, 0.15) is 13.8 Å². The van der Waals surface area contributed by atoms with E-state index in [1.807, 2.05) is 36.4 Å². The fourth-order valence-electron chi connectivity index (χ4n) is 2.00. The number of anilines is 2. The van der Waals surface area contributed by atoms with Gasteiger partial charge in [0.25, 0.3) is 0 Å². The van der Waals surface area contributed by atoms with E-state index in [2.05, 4.69) is 39.4 Å². The zero-order valence-electron chi connectivity index (χ0n) is 13.6. The molecule has 6 heteroatoms. The van der Waals surface area contributed by atoms with Gasteiger partial charge in [-0.05, 0) is 13.8 Å². The topological polar surface area (TPSA) is 88.2 Å². The standard InChI is InChI=1S/C17H22N6/c1-12(2)20-15-9-16(21-14(10-18)11-19-3)23-17(22-15)13-7-5-4-6-8-13/h4-12H,18H2,1-3H3,(H2,20,21,22,23). The fraction of sp³-hybridized carbons (Fsp3) is 0.235. The second kappa shape index (κ2) is 7.93. The Bertz CT molecular complexity index is 691. The monoisotopic (exact) mass is 310 g/mol. The first-order valence-electron chi connectivity index (χ1n) is 7.44. The second-order valence-electron chi connectivity index (χ2n) is 5.26. The summed E-state index contributed by atoms with van der Waals surface area (Å²) in [4.78, 5) is 13.1. The highest BCUT2D eigenvalue weighted by atomic mass is 15.1. The molecule has 0 amide bonds. The molecular formula is C17H22N6. The molecule has 0 aliphatic rings. The summed E-state index contributed by atoms with van der Waals surface area (Å²) in [7, 11) is 1.69. The molecule has 0 saturated carbocycles. The Hall–Kier alpha value is -2.89. The predicted molar refractivity (Wildman–Crippen MR) is 96.5 cm³/mol. The minimum atomic E-state index is 0.267. The quantitative estimate of drug-likeness (QED) is 0.714. The van der Waals surface area contributed by atoms with Gasteiger partial charge in [0.15, 0.2) is 5.82 Å². The van der Waals surface area contributed by atoms with Crippen LogP contribution in [0, 0.1) is 0 Å². The van der Waals surface area contributed by atoms with E-state index in [9.17, 15) is 0 Å². The molecule has 0 aliphatic heterocycles. The molecule has 1 aromatic carbocycles. The second-order valence-corrected chi connectivity index (χ2v) is 5.26. The van der Waals surface area contributed by atoms with Gasteiger partial charge in [0, 0.05) is 37.1 Å². The molecule has 0 aliphatic carbocycles. The summed E-state index contributed by atoms with van der Waals surface area (Å²) in [6, 6.07) is 12.0. The summed E-state index contributed by atoms with van der Waals surface area (Å²) in [6.07, 6.45) is 3.09. The van der Waals surface area contributed by atoms with Gasteiger partial charge in [-0.1, -0.05) is 30.3 Å². The maximum absolute atomic E-state index is 5.60. The lowest BCUT2D eigenvalue weighted by atomic mass is 10.2. The third kappa shape index (κ3) is 4.81. The number of hydrogen-bond acceptors (Lipinski definition) is 6. The van der Waals surface area contributed by atoms with Crippen molar-refractivity contribution in [3.63, 3.8) is 0 Å². The van der Waals surface area contributed by atoms with E-state index in [-0.39, 0.29) is 6.04 Å². The molecule has 23 heavy (non-hydrogen) atoms. The number of rotatable bonds is 6. The van der Waals surface area contributed by atoms with E-state index in [4.69, 9.17) is 5.73 Å². The van der Waals surface area contributed by atoms with Crippen LogP contribution in [0.2, 0.25) is 0 Å². The number of aliphatic imine (C=N–C) groups is 1.